The Morgan fingerprint density at radius 1 is 0.881 bits per heavy atom. The van der Waals surface area contributed by atoms with Crippen molar-refractivity contribution in [3.8, 4) is 17.2 Å². The Morgan fingerprint density at radius 3 is 2.21 bits per heavy atom. The first-order chi connectivity index (χ1) is 20.0. The maximum absolute atomic E-state index is 13.2. The van der Waals surface area contributed by atoms with Gasteiger partial charge in [0.15, 0.2) is 11.5 Å². The van der Waals surface area contributed by atoms with Gasteiger partial charge in [0.25, 0.3) is 15.9 Å². The molecule has 1 heterocycles. The topological polar surface area (TPSA) is 135 Å². The average Bonchev–Trinajstić information content (AvgIpc) is 2.96. The van der Waals surface area contributed by atoms with Crippen LogP contribution in [0.25, 0.3) is 0 Å². The number of sulfonamides is 1. The van der Waals surface area contributed by atoms with E-state index in [1.54, 1.807) is 0 Å². The lowest BCUT2D eigenvalue weighted by Crippen LogP contribution is -2.41. The van der Waals surface area contributed by atoms with Crippen molar-refractivity contribution in [1.82, 2.24) is 16.0 Å². The van der Waals surface area contributed by atoms with E-state index in [0.29, 0.717) is 12.5 Å². The molecule has 0 spiro atoms. The second-order valence-electron chi connectivity index (χ2n) is 9.40. The van der Waals surface area contributed by atoms with Gasteiger partial charge in [0, 0.05) is 12.2 Å². The number of piperidine rings is 1. The number of carbonyl (C=O) groups excluding carboxylic acids is 2. The minimum Gasteiger partial charge on any atom is -0.453 e. The molecule has 0 unspecified atom stereocenters. The van der Waals surface area contributed by atoms with Crippen LogP contribution < -0.4 is 30.1 Å². The number of halogens is 3. The van der Waals surface area contributed by atoms with E-state index in [2.05, 4.69) is 25.4 Å². The number of carbonyl (C=O) groups is 2. The third kappa shape index (κ3) is 8.85. The Kier molecular flexibility index (Phi) is 9.91. The lowest BCUT2D eigenvalue weighted by Gasteiger charge is -2.22. The van der Waals surface area contributed by atoms with E-state index < -0.39 is 28.0 Å². The number of para-hydroxylation sites is 2. The zero-order valence-electron chi connectivity index (χ0n) is 22.2. The molecule has 0 aromatic heterocycles. The summed E-state index contributed by atoms with van der Waals surface area (Å²) in [5.74, 6) is -1.37. The van der Waals surface area contributed by atoms with Crippen LogP contribution in [0.5, 0.6) is 17.2 Å². The van der Waals surface area contributed by atoms with Crippen molar-refractivity contribution in [3.05, 3.63) is 78.4 Å². The van der Waals surface area contributed by atoms with Crippen LogP contribution in [0.15, 0.2) is 77.7 Å². The predicted octanol–water partition coefficient (Wildman–Crippen LogP) is 4.02. The first-order valence-corrected chi connectivity index (χ1v) is 14.5. The van der Waals surface area contributed by atoms with Crippen LogP contribution >= 0.6 is 0 Å². The minimum atomic E-state index is -4.91. The summed E-state index contributed by atoms with van der Waals surface area (Å²) in [6, 6.07) is 16.1. The van der Waals surface area contributed by atoms with Crippen molar-refractivity contribution >= 4 is 27.5 Å². The van der Waals surface area contributed by atoms with E-state index in [1.165, 1.54) is 66.7 Å². The van der Waals surface area contributed by atoms with Crippen LogP contribution in [0.4, 0.5) is 18.9 Å². The molecule has 10 nitrogen and oxygen atoms in total. The quantitative estimate of drug-likeness (QED) is 0.259. The third-order valence-corrected chi connectivity index (χ3v) is 7.73. The van der Waals surface area contributed by atoms with Gasteiger partial charge in [-0.3, -0.25) is 14.3 Å². The molecular weight excluding hydrogens is 577 g/mol. The van der Waals surface area contributed by atoms with Crippen molar-refractivity contribution in [1.29, 1.82) is 0 Å². The molecule has 1 saturated heterocycles. The molecule has 1 aliphatic rings. The van der Waals surface area contributed by atoms with Gasteiger partial charge in [-0.1, -0.05) is 24.3 Å². The lowest BCUT2D eigenvalue weighted by molar-refractivity contribution is -0.275. The Hall–Kier alpha value is -4.30. The number of hydrogen-bond acceptors (Lipinski definition) is 7. The average molecular weight is 607 g/mol. The summed E-state index contributed by atoms with van der Waals surface area (Å²) in [4.78, 5) is 24.7. The van der Waals surface area contributed by atoms with Crippen molar-refractivity contribution in [3.63, 3.8) is 0 Å². The molecule has 2 amide bonds. The van der Waals surface area contributed by atoms with Gasteiger partial charge < -0.3 is 25.4 Å². The summed E-state index contributed by atoms with van der Waals surface area (Å²) >= 11 is 0. The third-order valence-electron chi connectivity index (χ3n) is 6.29. The van der Waals surface area contributed by atoms with Crippen molar-refractivity contribution in [2.24, 2.45) is 5.92 Å². The van der Waals surface area contributed by atoms with Gasteiger partial charge >= 0.3 is 6.36 Å². The van der Waals surface area contributed by atoms with Crippen molar-refractivity contribution in [2.75, 3.05) is 30.9 Å². The SMILES string of the molecule is O=C(CNC(=O)c1ccccc1S(=O)(=O)Nc1ccc(Oc2ccccc2OC(F)(F)F)cc1)NCC1CCNCC1. The van der Waals surface area contributed by atoms with Crippen LogP contribution in [0.3, 0.4) is 0 Å². The molecule has 0 bridgehead atoms. The van der Waals surface area contributed by atoms with Gasteiger partial charge in [-0.2, -0.15) is 0 Å². The van der Waals surface area contributed by atoms with E-state index in [-0.39, 0.29) is 40.1 Å². The first kappa shape index (κ1) is 30.7. The molecule has 0 atom stereocenters. The highest BCUT2D eigenvalue weighted by Crippen LogP contribution is 2.35. The lowest BCUT2D eigenvalue weighted by atomic mass is 9.98. The standard InChI is InChI=1S/C28H29F3N4O6S/c29-28(30,31)41-24-7-3-2-6-23(24)40-21-11-9-20(10-12-21)35-42(38,39)25-8-4-1-5-22(25)27(37)34-18-26(36)33-17-19-13-15-32-16-14-19/h1-12,19,32,35H,13-18H2,(H,33,36)(H,34,37). The van der Waals surface area contributed by atoms with Crippen molar-refractivity contribution in [2.45, 2.75) is 24.1 Å². The molecule has 4 rings (SSSR count). The fourth-order valence-corrected chi connectivity index (χ4v) is 5.49. The number of benzene rings is 3. The molecule has 3 aromatic rings. The van der Waals surface area contributed by atoms with Gasteiger partial charge in [-0.05, 0) is 80.4 Å². The van der Waals surface area contributed by atoms with E-state index in [0.717, 1.165) is 32.0 Å². The largest absolute Gasteiger partial charge is 0.573 e. The molecule has 224 valence electrons. The first-order valence-electron chi connectivity index (χ1n) is 13.0. The molecule has 0 saturated carbocycles. The van der Waals surface area contributed by atoms with Gasteiger partial charge in [-0.15, -0.1) is 13.2 Å². The number of amides is 2. The minimum absolute atomic E-state index is 0.106. The number of anilines is 1. The summed E-state index contributed by atoms with van der Waals surface area (Å²) in [7, 11) is -4.25. The van der Waals surface area contributed by atoms with E-state index in [4.69, 9.17) is 4.74 Å². The molecule has 1 fully saturated rings. The number of alkyl halides is 3. The van der Waals surface area contributed by atoms with Crippen LogP contribution in [-0.2, 0) is 14.8 Å². The molecule has 3 aromatic carbocycles. The number of ether oxygens (including phenoxy) is 2. The van der Waals surface area contributed by atoms with Gasteiger partial charge in [0.1, 0.15) is 10.6 Å². The summed E-state index contributed by atoms with van der Waals surface area (Å²) < 4.78 is 76.2. The van der Waals surface area contributed by atoms with Gasteiger partial charge in [-0.25, -0.2) is 8.42 Å². The van der Waals surface area contributed by atoms with Crippen LogP contribution in [0.1, 0.15) is 23.2 Å². The Balaban J connectivity index is 1.37. The van der Waals surface area contributed by atoms with E-state index in [1.807, 2.05) is 0 Å². The van der Waals surface area contributed by atoms with Crippen LogP contribution in [0.2, 0.25) is 0 Å². The second-order valence-corrected chi connectivity index (χ2v) is 11.1. The highest BCUT2D eigenvalue weighted by atomic mass is 32.2. The molecule has 42 heavy (non-hydrogen) atoms. The normalized spacial score (nSPS) is 14.1. The highest BCUT2D eigenvalue weighted by molar-refractivity contribution is 7.92. The van der Waals surface area contributed by atoms with Gasteiger partial charge in [0.2, 0.25) is 5.91 Å². The van der Waals surface area contributed by atoms with Crippen LogP contribution in [0, 0.1) is 5.92 Å². The number of nitrogens with one attached hydrogen (secondary N) is 4. The monoisotopic (exact) mass is 606 g/mol. The fourth-order valence-electron chi connectivity index (χ4n) is 4.22. The van der Waals surface area contributed by atoms with Gasteiger partial charge in [0.05, 0.1) is 12.1 Å². The Bertz CT molecular complexity index is 1490. The molecule has 4 N–H and O–H groups in total. The van der Waals surface area contributed by atoms with Crippen molar-refractivity contribution < 1.29 is 40.7 Å². The molecular formula is C28H29F3N4O6S. The zero-order chi connectivity index (χ0) is 30.2. The summed E-state index contributed by atoms with van der Waals surface area (Å²) in [6.07, 6.45) is -3.01. The second kappa shape index (κ2) is 13.6. The van der Waals surface area contributed by atoms with E-state index in [9.17, 15) is 31.2 Å². The summed E-state index contributed by atoms with van der Waals surface area (Å²) in [6.45, 7) is 1.97. The predicted molar refractivity (Wildman–Crippen MR) is 148 cm³/mol. The number of rotatable bonds is 11. The maximum atomic E-state index is 13.2. The Morgan fingerprint density at radius 2 is 1.52 bits per heavy atom. The molecule has 14 heteroatoms. The maximum Gasteiger partial charge on any atom is 0.573 e. The van der Waals surface area contributed by atoms with Crippen LogP contribution in [-0.4, -0.2) is 52.8 Å². The zero-order valence-corrected chi connectivity index (χ0v) is 23.1. The highest BCUT2D eigenvalue weighted by Gasteiger charge is 2.32. The smallest absolute Gasteiger partial charge is 0.453 e. The molecule has 0 aliphatic carbocycles. The summed E-state index contributed by atoms with van der Waals surface area (Å²) in [5, 5.41) is 8.50. The Labute approximate surface area is 240 Å². The molecule has 0 radical (unpaired) electrons. The fraction of sp³-hybridized carbons (Fsp3) is 0.286. The molecule has 1 aliphatic heterocycles. The summed E-state index contributed by atoms with van der Waals surface area (Å²) in [5.41, 5.74) is -0.0490. The number of hydrogen-bond donors (Lipinski definition) is 4. The van der Waals surface area contributed by atoms with E-state index >= 15 is 0 Å².